The first-order valence-corrected chi connectivity index (χ1v) is 5.49. The molecule has 72 valence electrons. The number of rotatable bonds is 3. The van der Waals surface area contributed by atoms with Gasteiger partial charge >= 0.3 is 15.3 Å². The zero-order valence-electron chi connectivity index (χ0n) is 7.96. The molecule has 0 unspecified atom stereocenters. The lowest BCUT2D eigenvalue weighted by atomic mass is 10.4. The Hall–Kier alpha value is -0.653. The average molecular weight is 192 g/mol. The summed E-state index contributed by atoms with van der Waals surface area (Å²) in [6.45, 7) is 6.57. The van der Waals surface area contributed by atoms with Crippen molar-refractivity contribution in [2.24, 2.45) is 0 Å². The molecule has 0 aliphatic rings. The van der Waals surface area contributed by atoms with Crippen LogP contribution < -0.4 is 0 Å². The molecule has 12 heavy (non-hydrogen) atoms. The number of hydrogen-bond acceptors (Lipinski definition) is 3. The van der Waals surface area contributed by atoms with Gasteiger partial charge in [-0.2, -0.15) is 0 Å². The van der Waals surface area contributed by atoms with E-state index in [9.17, 15) is 4.79 Å². The monoisotopic (exact) mass is 192 g/mol. The Balaban J connectivity index is 0. The van der Waals surface area contributed by atoms with E-state index in [0.29, 0.717) is 0 Å². The Morgan fingerprint density at radius 1 is 1.42 bits per heavy atom. The third kappa shape index (κ3) is 12.1. The quantitative estimate of drug-likeness (QED) is 0.530. The number of carboxylic acid groups (broad SMARTS) is 1. The van der Waals surface area contributed by atoms with Gasteiger partial charge in [0.25, 0.3) is 0 Å². The van der Waals surface area contributed by atoms with E-state index in [-0.39, 0.29) is 5.57 Å². The summed E-state index contributed by atoms with van der Waals surface area (Å²) < 4.78 is 9.63. The lowest BCUT2D eigenvalue weighted by molar-refractivity contribution is -0.132. The van der Waals surface area contributed by atoms with Gasteiger partial charge in [-0.05, 0) is 13.5 Å². The second-order valence-electron chi connectivity index (χ2n) is 2.12. The molecule has 0 radical (unpaired) electrons. The molecule has 0 fully saturated rings. The molecule has 0 spiro atoms. The lowest BCUT2D eigenvalue weighted by Crippen LogP contribution is -2.12. The van der Waals surface area contributed by atoms with Crippen molar-refractivity contribution in [3.63, 3.8) is 0 Å². The molecule has 0 aromatic heterocycles. The lowest BCUT2D eigenvalue weighted by Gasteiger charge is -2.00. The van der Waals surface area contributed by atoms with Crippen LogP contribution in [0.1, 0.15) is 6.92 Å². The molecule has 0 heterocycles. The van der Waals surface area contributed by atoms with Crippen LogP contribution in [0, 0.1) is 0 Å². The van der Waals surface area contributed by atoms with E-state index >= 15 is 0 Å². The maximum atomic E-state index is 9.60. The van der Waals surface area contributed by atoms with Crippen molar-refractivity contribution in [2.45, 2.75) is 13.5 Å². The first-order valence-electron chi connectivity index (χ1n) is 3.40. The van der Waals surface area contributed by atoms with E-state index in [2.05, 4.69) is 6.58 Å². The zero-order chi connectivity index (χ0) is 10.1. The number of carboxylic acids is 1. The summed E-state index contributed by atoms with van der Waals surface area (Å²) in [4.78, 5) is 9.60. The normalized spacial score (nSPS) is 8.75. The molecule has 5 heteroatoms. The third-order valence-electron chi connectivity index (χ3n) is 1.03. The minimum atomic E-state index is -1.16. The van der Waals surface area contributed by atoms with Crippen LogP contribution in [-0.2, 0) is 13.6 Å². The van der Waals surface area contributed by atoms with Gasteiger partial charge in [0.1, 0.15) is 0 Å². The summed E-state index contributed by atoms with van der Waals surface area (Å²) in [5.74, 6) is -0.935. The third-order valence-corrected chi connectivity index (χ3v) is 2.36. The van der Waals surface area contributed by atoms with E-state index in [4.69, 9.17) is 14.0 Å². The van der Waals surface area contributed by atoms with E-state index in [0.717, 1.165) is 0 Å². The highest BCUT2D eigenvalue weighted by Crippen LogP contribution is 1.81. The molecule has 0 rings (SSSR count). The molecule has 1 N–H and O–H groups in total. The molecule has 0 aliphatic carbocycles. The van der Waals surface area contributed by atoms with Crippen LogP contribution in [0.2, 0.25) is 6.55 Å². The van der Waals surface area contributed by atoms with Gasteiger partial charge in [0, 0.05) is 19.8 Å². The predicted molar refractivity (Wildman–Crippen MR) is 49.5 cm³/mol. The van der Waals surface area contributed by atoms with Crippen molar-refractivity contribution in [1.82, 2.24) is 0 Å². The minimum Gasteiger partial charge on any atom is -0.478 e. The second-order valence-corrected chi connectivity index (χ2v) is 4.20. The van der Waals surface area contributed by atoms with Crippen molar-refractivity contribution in [2.75, 3.05) is 14.2 Å². The first-order chi connectivity index (χ1) is 5.45. The highest BCUT2D eigenvalue weighted by atomic mass is 28.3. The smallest absolute Gasteiger partial charge is 0.330 e. The van der Waals surface area contributed by atoms with Gasteiger partial charge < -0.3 is 14.0 Å². The number of hydrogen-bond donors (Lipinski definition) is 1. The maximum absolute atomic E-state index is 9.60. The molecule has 0 amide bonds. The van der Waals surface area contributed by atoms with Crippen LogP contribution in [0.4, 0.5) is 0 Å². The molecule has 0 bridgehead atoms. The van der Waals surface area contributed by atoms with Crippen LogP contribution in [0.25, 0.3) is 0 Å². The van der Waals surface area contributed by atoms with Crippen molar-refractivity contribution >= 4 is 15.3 Å². The molecule has 0 aromatic rings. The van der Waals surface area contributed by atoms with Crippen molar-refractivity contribution in [3.8, 4) is 0 Å². The highest BCUT2D eigenvalue weighted by Gasteiger charge is 1.94. The van der Waals surface area contributed by atoms with E-state index < -0.39 is 15.3 Å². The molecular weight excluding hydrogens is 176 g/mol. The van der Waals surface area contributed by atoms with Crippen LogP contribution in [0.5, 0.6) is 0 Å². The Labute approximate surface area is 74.7 Å². The Morgan fingerprint density at radius 2 is 1.67 bits per heavy atom. The molecule has 0 aromatic carbocycles. The Bertz CT molecular complexity index is 130. The summed E-state index contributed by atoms with van der Waals surface area (Å²) in [7, 11) is 2.17. The fourth-order valence-corrected chi connectivity index (χ4v) is 0.289. The van der Waals surface area contributed by atoms with Crippen molar-refractivity contribution in [3.05, 3.63) is 12.2 Å². The van der Waals surface area contributed by atoms with Gasteiger partial charge in [0.15, 0.2) is 0 Å². The van der Waals surface area contributed by atoms with Gasteiger partial charge in [-0.3, -0.25) is 0 Å². The molecule has 0 atom stereocenters. The zero-order valence-corrected chi connectivity index (χ0v) is 9.11. The fourth-order valence-electron chi connectivity index (χ4n) is 0.0962. The summed E-state index contributed by atoms with van der Waals surface area (Å²) in [5, 5.41) is 7.89. The average Bonchev–Trinajstić information content (AvgIpc) is 2.04. The standard InChI is InChI=1S/C4H6O2.C3H10O2Si/c1-3(2)4(5)6;1-4-6(3)5-2/h1H2,2H3,(H,5,6);6H,1-3H3. The Morgan fingerprint density at radius 3 is 1.67 bits per heavy atom. The van der Waals surface area contributed by atoms with E-state index in [1.807, 2.05) is 6.55 Å². The van der Waals surface area contributed by atoms with Crippen LogP contribution in [-0.4, -0.2) is 34.6 Å². The Kier molecular flexibility index (Phi) is 9.78. The summed E-state index contributed by atoms with van der Waals surface area (Å²) in [5.41, 5.74) is 0.176. The fraction of sp³-hybridized carbons (Fsp3) is 0.571. The topological polar surface area (TPSA) is 55.8 Å². The molecule has 0 saturated heterocycles. The number of carbonyl (C=O) groups is 1. The predicted octanol–water partition coefficient (Wildman–Crippen LogP) is 0.777. The van der Waals surface area contributed by atoms with E-state index in [1.165, 1.54) is 6.92 Å². The van der Waals surface area contributed by atoms with Gasteiger partial charge in [-0.25, -0.2) is 4.79 Å². The summed E-state index contributed by atoms with van der Waals surface area (Å²) in [6, 6.07) is 0. The van der Waals surface area contributed by atoms with Gasteiger partial charge in [0.2, 0.25) is 0 Å². The van der Waals surface area contributed by atoms with Crippen molar-refractivity contribution in [1.29, 1.82) is 0 Å². The van der Waals surface area contributed by atoms with Gasteiger partial charge in [-0.1, -0.05) is 6.58 Å². The summed E-state index contributed by atoms with van der Waals surface area (Å²) >= 11 is 0. The van der Waals surface area contributed by atoms with Crippen LogP contribution in [0.3, 0.4) is 0 Å². The SMILES string of the molecule is C=C(C)C(=O)O.CO[SiH](C)OC. The molecule has 0 aliphatic heterocycles. The van der Waals surface area contributed by atoms with Gasteiger partial charge in [-0.15, -0.1) is 0 Å². The summed E-state index contributed by atoms with van der Waals surface area (Å²) in [6.07, 6.45) is 0. The maximum Gasteiger partial charge on any atom is 0.330 e. The second kappa shape index (κ2) is 8.44. The minimum absolute atomic E-state index is 0.176. The van der Waals surface area contributed by atoms with Gasteiger partial charge in [0.05, 0.1) is 0 Å². The molecule has 4 nitrogen and oxygen atoms in total. The van der Waals surface area contributed by atoms with Crippen molar-refractivity contribution < 1.29 is 18.8 Å². The van der Waals surface area contributed by atoms with Crippen LogP contribution >= 0.6 is 0 Å². The first kappa shape index (κ1) is 13.9. The molecular formula is C7H16O4Si. The number of aliphatic carboxylic acids is 1. The molecule has 0 saturated carbocycles. The van der Waals surface area contributed by atoms with Crippen LogP contribution in [0.15, 0.2) is 12.2 Å². The van der Waals surface area contributed by atoms with E-state index in [1.54, 1.807) is 14.2 Å². The highest BCUT2D eigenvalue weighted by molar-refractivity contribution is 6.42. The largest absolute Gasteiger partial charge is 0.478 e.